The molecule has 1 aromatic heterocycles. The number of aromatic nitrogens is 2. The molecule has 0 aliphatic rings. The van der Waals surface area contributed by atoms with E-state index in [2.05, 4.69) is 30.8 Å². The lowest BCUT2D eigenvalue weighted by Crippen LogP contribution is -2.10. The highest BCUT2D eigenvalue weighted by atomic mass is 19.4. The SMILES string of the molecule is CC(=O)Nc1cc(N=Nc2nc(C(F)(F)F)nc3ccccc23)cc(NC(C)=O)c1O. The van der Waals surface area contributed by atoms with E-state index in [-0.39, 0.29) is 33.8 Å². The zero-order valence-electron chi connectivity index (χ0n) is 16.2. The fraction of sp³-hybridized carbons (Fsp3) is 0.158. The Bertz CT molecular complexity index is 1170. The Morgan fingerprint density at radius 2 is 1.55 bits per heavy atom. The monoisotopic (exact) mass is 432 g/mol. The van der Waals surface area contributed by atoms with Crippen LogP contribution in [0.5, 0.6) is 5.75 Å². The second-order valence-corrected chi connectivity index (χ2v) is 6.34. The topological polar surface area (TPSA) is 129 Å². The molecule has 9 nitrogen and oxygen atoms in total. The molecular weight excluding hydrogens is 417 g/mol. The first-order chi connectivity index (χ1) is 14.5. The van der Waals surface area contributed by atoms with Gasteiger partial charge in [0.2, 0.25) is 17.6 Å². The van der Waals surface area contributed by atoms with Gasteiger partial charge in [-0.3, -0.25) is 9.59 Å². The summed E-state index contributed by atoms with van der Waals surface area (Å²) < 4.78 is 39.4. The lowest BCUT2D eigenvalue weighted by atomic mass is 10.2. The summed E-state index contributed by atoms with van der Waals surface area (Å²) in [6, 6.07) is 8.46. The summed E-state index contributed by atoms with van der Waals surface area (Å²) in [5.41, 5.74) is -0.0867. The van der Waals surface area contributed by atoms with Crippen molar-refractivity contribution in [2.75, 3.05) is 10.6 Å². The third-order valence-electron chi connectivity index (χ3n) is 3.81. The van der Waals surface area contributed by atoms with Gasteiger partial charge in [-0.2, -0.15) is 13.2 Å². The molecule has 0 radical (unpaired) electrons. The highest BCUT2D eigenvalue weighted by Crippen LogP contribution is 2.38. The molecule has 1 heterocycles. The minimum atomic E-state index is -4.79. The largest absolute Gasteiger partial charge is 0.504 e. The number of fused-ring (bicyclic) bond motifs is 1. The molecular formula is C19H15F3N6O3. The van der Waals surface area contributed by atoms with Gasteiger partial charge < -0.3 is 15.7 Å². The van der Waals surface area contributed by atoms with Gasteiger partial charge in [-0.1, -0.05) is 12.1 Å². The summed E-state index contributed by atoms with van der Waals surface area (Å²) >= 11 is 0. The zero-order chi connectivity index (χ0) is 22.8. The summed E-state index contributed by atoms with van der Waals surface area (Å²) in [6.07, 6.45) is -4.79. The molecule has 31 heavy (non-hydrogen) atoms. The van der Waals surface area contributed by atoms with E-state index < -0.39 is 29.6 Å². The number of hydrogen-bond donors (Lipinski definition) is 3. The van der Waals surface area contributed by atoms with Crippen LogP contribution in [0.1, 0.15) is 19.7 Å². The molecule has 2 amide bonds. The fourth-order valence-electron chi connectivity index (χ4n) is 2.61. The van der Waals surface area contributed by atoms with Crippen LogP contribution in [0.3, 0.4) is 0 Å². The van der Waals surface area contributed by atoms with Crippen LogP contribution >= 0.6 is 0 Å². The number of amides is 2. The Morgan fingerprint density at radius 3 is 2.10 bits per heavy atom. The molecule has 2 aromatic carbocycles. The molecule has 0 unspecified atom stereocenters. The number of carbonyl (C=O) groups excluding carboxylic acids is 2. The number of nitrogens with one attached hydrogen (secondary N) is 2. The van der Waals surface area contributed by atoms with Crippen LogP contribution in [0.15, 0.2) is 46.6 Å². The van der Waals surface area contributed by atoms with Crippen molar-refractivity contribution in [3.8, 4) is 5.75 Å². The predicted molar refractivity (Wildman–Crippen MR) is 105 cm³/mol. The van der Waals surface area contributed by atoms with E-state index in [4.69, 9.17) is 0 Å². The average molecular weight is 432 g/mol. The van der Waals surface area contributed by atoms with Crippen LogP contribution in [0, 0.1) is 0 Å². The van der Waals surface area contributed by atoms with Gasteiger partial charge in [-0.25, -0.2) is 9.97 Å². The minimum absolute atomic E-state index is 0.0292. The van der Waals surface area contributed by atoms with Gasteiger partial charge in [0, 0.05) is 19.2 Å². The fourth-order valence-corrected chi connectivity index (χ4v) is 2.61. The number of alkyl halides is 3. The van der Waals surface area contributed by atoms with E-state index in [1.807, 2.05) is 0 Å². The predicted octanol–water partition coefficient (Wildman–Crippen LogP) is 4.69. The molecule has 3 aromatic rings. The molecule has 3 rings (SSSR count). The van der Waals surface area contributed by atoms with Gasteiger partial charge in [-0.15, -0.1) is 10.2 Å². The second-order valence-electron chi connectivity index (χ2n) is 6.34. The van der Waals surface area contributed by atoms with Gasteiger partial charge in [-0.05, 0) is 24.3 Å². The number of para-hydroxylation sites is 1. The molecule has 0 aliphatic carbocycles. The first-order valence-corrected chi connectivity index (χ1v) is 8.72. The number of nitrogens with zero attached hydrogens (tertiary/aromatic N) is 4. The summed E-state index contributed by atoms with van der Waals surface area (Å²) in [5, 5.41) is 22.9. The van der Waals surface area contributed by atoms with Gasteiger partial charge >= 0.3 is 6.18 Å². The summed E-state index contributed by atoms with van der Waals surface area (Å²) in [4.78, 5) is 29.7. The van der Waals surface area contributed by atoms with Crippen molar-refractivity contribution in [3.63, 3.8) is 0 Å². The smallest absolute Gasteiger partial charge is 0.451 e. The molecule has 0 saturated heterocycles. The third-order valence-corrected chi connectivity index (χ3v) is 3.81. The number of anilines is 2. The lowest BCUT2D eigenvalue weighted by Gasteiger charge is -2.11. The van der Waals surface area contributed by atoms with E-state index in [9.17, 15) is 27.9 Å². The van der Waals surface area contributed by atoms with Crippen LogP contribution in [-0.4, -0.2) is 26.9 Å². The Labute approximate surface area is 173 Å². The number of carbonyl (C=O) groups is 2. The number of benzene rings is 2. The normalized spacial score (nSPS) is 11.6. The van der Waals surface area contributed by atoms with Crippen molar-refractivity contribution in [1.29, 1.82) is 0 Å². The third kappa shape index (κ3) is 5.10. The van der Waals surface area contributed by atoms with Gasteiger partial charge in [0.15, 0.2) is 11.6 Å². The number of azo groups is 1. The Morgan fingerprint density at radius 1 is 0.968 bits per heavy atom. The van der Waals surface area contributed by atoms with Crippen LogP contribution in [0.25, 0.3) is 10.9 Å². The first-order valence-electron chi connectivity index (χ1n) is 8.72. The molecule has 0 saturated carbocycles. The highest BCUT2D eigenvalue weighted by molar-refractivity contribution is 5.97. The Hall–Kier alpha value is -4.09. The molecule has 0 bridgehead atoms. The van der Waals surface area contributed by atoms with E-state index in [1.165, 1.54) is 44.2 Å². The molecule has 0 atom stereocenters. The molecule has 0 aliphatic heterocycles. The van der Waals surface area contributed by atoms with Crippen molar-refractivity contribution in [2.45, 2.75) is 20.0 Å². The van der Waals surface area contributed by atoms with E-state index in [1.54, 1.807) is 6.07 Å². The summed E-state index contributed by atoms with van der Waals surface area (Å²) in [7, 11) is 0. The second kappa shape index (κ2) is 8.34. The highest BCUT2D eigenvalue weighted by Gasteiger charge is 2.35. The number of rotatable bonds is 4. The maximum atomic E-state index is 13.1. The van der Waals surface area contributed by atoms with E-state index in [0.29, 0.717) is 0 Å². The maximum absolute atomic E-state index is 13.1. The summed E-state index contributed by atoms with van der Waals surface area (Å²) in [5.74, 6) is -3.13. The van der Waals surface area contributed by atoms with Crippen molar-refractivity contribution >= 4 is 45.6 Å². The van der Waals surface area contributed by atoms with E-state index in [0.717, 1.165) is 0 Å². The number of halogens is 3. The van der Waals surface area contributed by atoms with Crippen molar-refractivity contribution in [3.05, 3.63) is 42.2 Å². The standard InChI is InChI=1S/C19H15F3N6O3/c1-9(29)23-14-7-11(8-15(16(14)31)24-10(2)30)27-28-17-12-5-3-4-6-13(12)25-18(26-17)19(20,21)22/h3-8,31H,1-2H3,(H,23,29)(H,24,30). The average Bonchev–Trinajstić information content (AvgIpc) is 2.67. The lowest BCUT2D eigenvalue weighted by molar-refractivity contribution is -0.144. The first kappa shape index (κ1) is 21.6. The molecule has 0 fully saturated rings. The molecule has 12 heteroatoms. The number of aromatic hydroxyl groups is 1. The molecule has 160 valence electrons. The van der Waals surface area contributed by atoms with Gasteiger partial charge in [0.25, 0.3) is 0 Å². The number of phenols is 1. The van der Waals surface area contributed by atoms with Crippen LogP contribution < -0.4 is 10.6 Å². The van der Waals surface area contributed by atoms with Crippen LogP contribution in [0.4, 0.5) is 36.1 Å². The van der Waals surface area contributed by atoms with Gasteiger partial charge in [0.1, 0.15) is 0 Å². The Balaban J connectivity index is 2.11. The number of phenolic OH excluding ortho intramolecular Hbond substituents is 1. The zero-order valence-corrected chi connectivity index (χ0v) is 16.2. The summed E-state index contributed by atoms with van der Waals surface area (Å²) in [6.45, 7) is 2.41. The van der Waals surface area contributed by atoms with Gasteiger partial charge in [0.05, 0.1) is 22.6 Å². The van der Waals surface area contributed by atoms with Crippen molar-refractivity contribution in [1.82, 2.24) is 9.97 Å². The minimum Gasteiger partial charge on any atom is -0.504 e. The molecule has 0 spiro atoms. The van der Waals surface area contributed by atoms with Crippen molar-refractivity contribution in [2.24, 2.45) is 10.2 Å². The number of hydrogen-bond acceptors (Lipinski definition) is 7. The van der Waals surface area contributed by atoms with E-state index >= 15 is 0 Å². The quantitative estimate of drug-likeness (QED) is 0.407. The van der Waals surface area contributed by atoms with Crippen molar-refractivity contribution < 1.29 is 27.9 Å². The molecule has 3 N–H and O–H groups in total. The Kier molecular flexibility index (Phi) is 5.81. The maximum Gasteiger partial charge on any atom is 0.451 e. The van der Waals surface area contributed by atoms with Crippen LogP contribution in [0.2, 0.25) is 0 Å². The van der Waals surface area contributed by atoms with Crippen LogP contribution in [-0.2, 0) is 15.8 Å².